The summed E-state index contributed by atoms with van der Waals surface area (Å²) in [5.41, 5.74) is 1.88. The van der Waals surface area contributed by atoms with E-state index in [-0.39, 0.29) is 30.9 Å². The molecule has 0 spiro atoms. The van der Waals surface area contributed by atoms with Crippen LogP contribution < -0.4 is 14.8 Å². The first-order chi connectivity index (χ1) is 17.4. The van der Waals surface area contributed by atoms with Crippen molar-refractivity contribution in [2.75, 3.05) is 20.3 Å². The monoisotopic (exact) mass is 552 g/mol. The third kappa shape index (κ3) is 8.12. The lowest BCUT2D eigenvalue weighted by Crippen LogP contribution is -2.52. The van der Waals surface area contributed by atoms with Crippen LogP contribution in [0.15, 0.2) is 83.3 Å². The Morgan fingerprint density at radius 3 is 2.25 bits per heavy atom. The molecule has 1 N–H and O–H groups in total. The molecule has 0 aliphatic carbocycles. The second-order valence-corrected chi connectivity index (χ2v) is 9.85. The summed E-state index contributed by atoms with van der Waals surface area (Å²) in [6.07, 6.45) is 0.388. The third-order valence-electron chi connectivity index (χ3n) is 5.62. The molecule has 0 saturated heterocycles. The lowest BCUT2D eigenvalue weighted by atomic mass is 10.0. The number of hydrogen-bond donors (Lipinski definition) is 1. The van der Waals surface area contributed by atoms with Crippen molar-refractivity contribution in [2.45, 2.75) is 32.9 Å². The number of hydrogen-bond acceptors (Lipinski definition) is 4. The van der Waals surface area contributed by atoms with Gasteiger partial charge in [-0.15, -0.1) is 0 Å². The number of nitrogens with one attached hydrogen (secondary N) is 1. The number of nitrogens with zero attached hydrogens (tertiary/aromatic N) is 1. The number of ether oxygens (including phenoxy) is 2. The van der Waals surface area contributed by atoms with Gasteiger partial charge in [-0.3, -0.25) is 9.59 Å². The highest BCUT2D eigenvalue weighted by Gasteiger charge is 2.31. The molecule has 1 atom stereocenters. The molecule has 2 amide bonds. The van der Waals surface area contributed by atoms with Crippen LogP contribution >= 0.6 is 15.9 Å². The summed E-state index contributed by atoms with van der Waals surface area (Å²) in [6.45, 7) is 4.65. The van der Waals surface area contributed by atoms with Crippen molar-refractivity contribution in [1.82, 2.24) is 10.2 Å². The molecule has 0 aliphatic heterocycles. The Labute approximate surface area is 221 Å². The van der Waals surface area contributed by atoms with E-state index in [9.17, 15) is 9.59 Å². The number of methoxy groups -OCH3 is 1. The molecule has 7 heteroatoms. The minimum Gasteiger partial charge on any atom is -0.493 e. The highest BCUT2D eigenvalue weighted by atomic mass is 79.9. The zero-order valence-electron chi connectivity index (χ0n) is 20.9. The molecule has 0 saturated carbocycles. The SMILES string of the molecule is COc1ccccc1OCC(=O)N(Cc1cccc(Br)c1)[C@H](Cc1ccccc1)C(=O)NCC(C)C. The third-order valence-corrected chi connectivity index (χ3v) is 6.11. The van der Waals surface area contributed by atoms with E-state index in [4.69, 9.17) is 9.47 Å². The van der Waals surface area contributed by atoms with Gasteiger partial charge in [0.05, 0.1) is 7.11 Å². The maximum absolute atomic E-state index is 13.6. The molecule has 6 nitrogen and oxygen atoms in total. The predicted octanol–water partition coefficient (Wildman–Crippen LogP) is 5.25. The van der Waals surface area contributed by atoms with Crippen LogP contribution in [0.3, 0.4) is 0 Å². The summed E-state index contributed by atoms with van der Waals surface area (Å²) >= 11 is 3.51. The molecule has 0 aliphatic rings. The quantitative estimate of drug-likeness (QED) is 0.333. The second-order valence-electron chi connectivity index (χ2n) is 8.94. The van der Waals surface area contributed by atoms with Gasteiger partial charge in [0, 0.05) is 24.0 Å². The van der Waals surface area contributed by atoms with Gasteiger partial charge in [0.1, 0.15) is 6.04 Å². The van der Waals surface area contributed by atoms with Gasteiger partial charge >= 0.3 is 0 Å². The largest absolute Gasteiger partial charge is 0.493 e. The average molecular weight is 553 g/mol. The van der Waals surface area contributed by atoms with E-state index in [1.165, 1.54) is 0 Å². The molecule has 0 fully saturated rings. The van der Waals surface area contributed by atoms with Crippen molar-refractivity contribution in [3.8, 4) is 11.5 Å². The number of amides is 2. The summed E-state index contributed by atoms with van der Waals surface area (Å²) in [6, 6.07) is 23.9. The summed E-state index contributed by atoms with van der Waals surface area (Å²) in [5, 5.41) is 3.02. The Bertz CT molecular complexity index is 1140. The lowest BCUT2D eigenvalue weighted by molar-refractivity contribution is -0.142. The Balaban J connectivity index is 1.91. The van der Waals surface area contributed by atoms with Crippen molar-refractivity contribution in [3.63, 3.8) is 0 Å². The number of benzene rings is 3. The van der Waals surface area contributed by atoms with E-state index in [0.29, 0.717) is 24.5 Å². The fraction of sp³-hybridized carbons (Fsp3) is 0.310. The van der Waals surface area contributed by atoms with E-state index < -0.39 is 6.04 Å². The molecular weight excluding hydrogens is 520 g/mol. The molecule has 0 radical (unpaired) electrons. The molecule has 0 unspecified atom stereocenters. The van der Waals surface area contributed by atoms with Gasteiger partial charge in [0.2, 0.25) is 5.91 Å². The number of rotatable bonds is 12. The number of carbonyl (C=O) groups excluding carboxylic acids is 2. The zero-order valence-corrected chi connectivity index (χ0v) is 22.5. The first kappa shape index (κ1) is 27.3. The van der Waals surface area contributed by atoms with Gasteiger partial charge < -0.3 is 19.7 Å². The Morgan fingerprint density at radius 2 is 1.58 bits per heavy atom. The van der Waals surface area contributed by atoms with Gasteiger partial charge in [0.15, 0.2) is 18.1 Å². The van der Waals surface area contributed by atoms with Gasteiger partial charge in [-0.2, -0.15) is 0 Å². The molecule has 0 bridgehead atoms. The topological polar surface area (TPSA) is 67.9 Å². The molecule has 3 rings (SSSR count). The molecule has 190 valence electrons. The smallest absolute Gasteiger partial charge is 0.261 e. The Hall–Kier alpha value is -3.32. The zero-order chi connectivity index (χ0) is 25.9. The normalized spacial score (nSPS) is 11.6. The highest BCUT2D eigenvalue weighted by Crippen LogP contribution is 2.26. The summed E-state index contributed by atoms with van der Waals surface area (Å²) in [5.74, 6) is 0.822. The van der Waals surface area contributed by atoms with Crippen LogP contribution in [0.5, 0.6) is 11.5 Å². The minimum absolute atomic E-state index is 0.187. The predicted molar refractivity (Wildman–Crippen MR) is 145 cm³/mol. The summed E-state index contributed by atoms with van der Waals surface area (Å²) < 4.78 is 12.1. The fourth-order valence-electron chi connectivity index (χ4n) is 3.77. The van der Waals surface area contributed by atoms with Crippen LogP contribution in [0.25, 0.3) is 0 Å². The van der Waals surface area contributed by atoms with E-state index in [1.54, 1.807) is 24.1 Å². The van der Waals surface area contributed by atoms with Crippen molar-refractivity contribution in [1.29, 1.82) is 0 Å². The van der Waals surface area contributed by atoms with Crippen LogP contribution in [-0.4, -0.2) is 43.0 Å². The average Bonchev–Trinajstić information content (AvgIpc) is 2.88. The van der Waals surface area contributed by atoms with Crippen molar-refractivity contribution >= 4 is 27.7 Å². The summed E-state index contributed by atoms with van der Waals surface area (Å²) in [7, 11) is 1.55. The minimum atomic E-state index is -0.709. The molecule has 36 heavy (non-hydrogen) atoms. The van der Waals surface area contributed by atoms with Gasteiger partial charge in [-0.25, -0.2) is 0 Å². The lowest BCUT2D eigenvalue weighted by Gasteiger charge is -2.32. The first-order valence-corrected chi connectivity index (χ1v) is 12.8. The molecule has 3 aromatic carbocycles. The highest BCUT2D eigenvalue weighted by molar-refractivity contribution is 9.10. The van der Waals surface area contributed by atoms with Gasteiger partial charge in [-0.05, 0) is 41.3 Å². The number of halogens is 1. The standard InChI is InChI=1S/C29H33BrN2O4/c1-21(2)18-31-29(34)25(17-22-10-5-4-6-11-22)32(19-23-12-9-13-24(30)16-23)28(33)20-36-27-15-8-7-14-26(27)35-3/h4-16,21,25H,17-20H2,1-3H3,(H,31,34)/t25-/m1/s1. The molecule has 3 aromatic rings. The van der Waals surface area contributed by atoms with E-state index in [0.717, 1.165) is 15.6 Å². The van der Waals surface area contributed by atoms with Crippen molar-refractivity contribution in [3.05, 3.63) is 94.5 Å². The molecular formula is C29H33BrN2O4. The maximum atomic E-state index is 13.6. The Kier molecular flexibility index (Phi) is 10.4. The van der Waals surface area contributed by atoms with Gasteiger partial charge in [0.25, 0.3) is 5.91 Å². The van der Waals surface area contributed by atoms with E-state index >= 15 is 0 Å². The van der Waals surface area contributed by atoms with E-state index in [2.05, 4.69) is 21.2 Å². The second kappa shape index (κ2) is 13.7. The fourth-order valence-corrected chi connectivity index (χ4v) is 4.22. The number of carbonyl (C=O) groups is 2. The van der Waals surface area contributed by atoms with Crippen molar-refractivity contribution < 1.29 is 19.1 Å². The van der Waals surface area contributed by atoms with Crippen LogP contribution in [0, 0.1) is 5.92 Å². The van der Waals surface area contributed by atoms with Crippen molar-refractivity contribution in [2.24, 2.45) is 5.92 Å². The maximum Gasteiger partial charge on any atom is 0.261 e. The first-order valence-electron chi connectivity index (χ1n) is 12.0. The van der Waals surface area contributed by atoms with E-state index in [1.807, 2.05) is 80.6 Å². The van der Waals surface area contributed by atoms with Crippen LogP contribution in [0.1, 0.15) is 25.0 Å². The van der Waals surface area contributed by atoms with Crippen LogP contribution in [0.2, 0.25) is 0 Å². The number of para-hydroxylation sites is 2. The van der Waals surface area contributed by atoms with Crippen LogP contribution in [0.4, 0.5) is 0 Å². The molecule has 0 aromatic heterocycles. The molecule has 0 heterocycles. The van der Waals surface area contributed by atoms with Crippen LogP contribution in [-0.2, 0) is 22.6 Å². The van der Waals surface area contributed by atoms with Gasteiger partial charge in [-0.1, -0.05) is 84.4 Å². The summed E-state index contributed by atoms with van der Waals surface area (Å²) in [4.78, 5) is 28.7. The Morgan fingerprint density at radius 1 is 0.917 bits per heavy atom.